The number of hydrogen-bond donors (Lipinski definition) is 2. The van der Waals surface area contributed by atoms with Gasteiger partial charge in [-0.2, -0.15) is 8.42 Å². The van der Waals surface area contributed by atoms with E-state index in [0.717, 1.165) is 11.8 Å². The van der Waals surface area contributed by atoms with Crippen molar-refractivity contribution < 1.29 is 27.4 Å². The molecule has 2 N–H and O–H groups in total. The van der Waals surface area contributed by atoms with Crippen LogP contribution in [0.4, 0.5) is 4.79 Å². The van der Waals surface area contributed by atoms with Gasteiger partial charge in [0.1, 0.15) is 12.1 Å². The number of hydrogen-bond acceptors (Lipinski definition) is 6. The van der Waals surface area contributed by atoms with Crippen LogP contribution in [0.5, 0.6) is 0 Å². The average Bonchev–Trinajstić information content (AvgIpc) is 2.92. The number of rotatable bonds is 2. The van der Waals surface area contributed by atoms with E-state index < -0.39 is 40.4 Å². The van der Waals surface area contributed by atoms with Crippen LogP contribution >= 0.6 is 11.8 Å². The van der Waals surface area contributed by atoms with E-state index in [4.69, 9.17) is 4.55 Å². The van der Waals surface area contributed by atoms with E-state index in [-0.39, 0.29) is 47.6 Å². The molecule has 118 valence electrons. The number of carbonyl (C=O) groups excluding carboxylic acids is 3. The molecule has 0 radical (unpaired) electrons. The fraction of sp³-hybridized carbons (Fsp3) is 0.700. The van der Waals surface area contributed by atoms with E-state index in [0.29, 0.717) is 16.5 Å². The molecule has 3 aliphatic rings. The van der Waals surface area contributed by atoms with Crippen LogP contribution in [-0.4, -0.2) is 99.2 Å². The summed E-state index contributed by atoms with van der Waals surface area (Å²) in [6, 6.07) is -2.70. The standard InChI is InChI=1S/C10H13N3O6S2.Na.H/c14-8-7-6(13(8)21(17,18)19)1-3-12(7)10(16)11-5-2-4-20-9(5)15;;/h5-7H,1-4H2,(H,11,16)(H,17,18,19);;/t5?,6-,7+;;/m1../s1. The minimum atomic E-state index is -4.58. The van der Waals surface area contributed by atoms with Crippen molar-refractivity contribution in [3.63, 3.8) is 0 Å². The Morgan fingerprint density at radius 3 is 2.55 bits per heavy atom. The molecule has 22 heavy (non-hydrogen) atoms. The number of thioether (sulfide) groups is 1. The molecule has 0 bridgehead atoms. The molecule has 12 heteroatoms. The van der Waals surface area contributed by atoms with Crippen molar-refractivity contribution in [2.45, 2.75) is 31.0 Å². The van der Waals surface area contributed by atoms with Crippen LogP contribution in [0.25, 0.3) is 0 Å². The summed E-state index contributed by atoms with van der Waals surface area (Å²) in [5.74, 6) is -0.173. The van der Waals surface area contributed by atoms with Crippen LogP contribution < -0.4 is 5.32 Å². The Morgan fingerprint density at radius 1 is 1.32 bits per heavy atom. The summed E-state index contributed by atoms with van der Waals surface area (Å²) in [7, 11) is -4.58. The number of urea groups is 1. The number of likely N-dealkylation sites (tertiary alicyclic amines) is 1. The van der Waals surface area contributed by atoms with Crippen molar-refractivity contribution in [1.29, 1.82) is 0 Å². The van der Waals surface area contributed by atoms with Crippen molar-refractivity contribution in [3.05, 3.63) is 0 Å². The first kappa shape index (κ1) is 18.0. The number of β-lactam (4-membered cyclic amide) rings is 1. The summed E-state index contributed by atoms with van der Waals surface area (Å²) < 4.78 is 31.5. The van der Waals surface area contributed by atoms with Crippen molar-refractivity contribution in [2.75, 3.05) is 12.3 Å². The van der Waals surface area contributed by atoms with Crippen LogP contribution in [0, 0.1) is 0 Å². The Kier molecular flexibility index (Phi) is 5.15. The van der Waals surface area contributed by atoms with Crippen molar-refractivity contribution in [2.24, 2.45) is 0 Å². The Morgan fingerprint density at radius 2 is 2.00 bits per heavy atom. The first-order valence-electron chi connectivity index (χ1n) is 6.35. The summed E-state index contributed by atoms with van der Waals surface area (Å²) in [4.78, 5) is 36.6. The summed E-state index contributed by atoms with van der Waals surface area (Å²) in [6.07, 6.45) is 0.819. The van der Waals surface area contributed by atoms with E-state index in [1.165, 1.54) is 4.90 Å². The van der Waals surface area contributed by atoms with Gasteiger partial charge in [0.2, 0.25) is 5.12 Å². The zero-order valence-electron chi connectivity index (χ0n) is 10.8. The first-order chi connectivity index (χ1) is 9.80. The predicted octanol–water partition coefficient (Wildman–Crippen LogP) is -1.83. The first-order valence-corrected chi connectivity index (χ1v) is 8.73. The normalized spacial score (nSPS) is 30.7. The third-order valence-corrected chi connectivity index (χ3v) is 5.84. The second-order valence-corrected chi connectivity index (χ2v) is 7.45. The molecule has 0 aliphatic carbocycles. The van der Waals surface area contributed by atoms with Gasteiger partial charge in [-0.3, -0.25) is 14.1 Å². The van der Waals surface area contributed by atoms with Crippen molar-refractivity contribution in [1.82, 2.24) is 14.5 Å². The zero-order chi connectivity index (χ0) is 15.4. The molecular formula is C10H14N3NaO6S2. The van der Waals surface area contributed by atoms with E-state index in [1.54, 1.807) is 0 Å². The van der Waals surface area contributed by atoms with Gasteiger partial charge in [-0.1, -0.05) is 11.8 Å². The molecule has 9 nitrogen and oxygen atoms in total. The fourth-order valence-electron chi connectivity index (χ4n) is 2.90. The summed E-state index contributed by atoms with van der Waals surface area (Å²) in [5.41, 5.74) is 0. The van der Waals surface area contributed by atoms with Gasteiger partial charge >= 0.3 is 45.9 Å². The van der Waals surface area contributed by atoms with Crippen molar-refractivity contribution >= 4 is 68.7 Å². The summed E-state index contributed by atoms with van der Waals surface area (Å²) >= 11 is 1.15. The number of nitrogens with one attached hydrogen (secondary N) is 1. The Hall–Kier alpha value is -0.330. The van der Waals surface area contributed by atoms with E-state index in [9.17, 15) is 22.8 Å². The summed E-state index contributed by atoms with van der Waals surface area (Å²) in [6.45, 7) is 0.201. The average molecular weight is 359 g/mol. The minimum absolute atomic E-state index is 0. The molecule has 0 saturated carbocycles. The molecule has 3 rings (SSSR count). The predicted molar refractivity (Wildman–Crippen MR) is 78.8 cm³/mol. The van der Waals surface area contributed by atoms with Gasteiger partial charge in [-0.15, -0.1) is 0 Å². The van der Waals surface area contributed by atoms with E-state index in [2.05, 4.69) is 5.32 Å². The number of fused-ring (bicyclic) bond motifs is 1. The van der Waals surface area contributed by atoms with E-state index >= 15 is 0 Å². The van der Waals surface area contributed by atoms with Gasteiger partial charge in [-0.05, 0) is 12.8 Å². The second-order valence-electron chi connectivity index (χ2n) is 5.06. The molecule has 3 fully saturated rings. The second kappa shape index (κ2) is 6.29. The Bertz CT molecular complexity index is 626. The quantitative estimate of drug-likeness (QED) is 0.337. The van der Waals surface area contributed by atoms with Gasteiger partial charge in [0.05, 0.1) is 6.04 Å². The molecule has 0 spiro atoms. The molecule has 1 unspecified atom stereocenters. The summed E-state index contributed by atoms with van der Waals surface area (Å²) in [5, 5.41) is 2.45. The third-order valence-electron chi connectivity index (χ3n) is 3.88. The number of carbonyl (C=O) groups is 3. The Labute approximate surface area is 153 Å². The molecule has 0 aromatic rings. The molecule has 3 heterocycles. The number of amides is 3. The van der Waals surface area contributed by atoms with Gasteiger partial charge in [0.15, 0.2) is 0 Å². The van der Waals surface area contributed by atoms with Crippen LogP contribution in [-0.2, 0) is 19.9 Å². The molecule has 3 amide bonds. The van der Waals surface area contributed by atoms with Gasteiger partial charge < -0.3 is 10.2 Å². The van der Waals surface area contributed by atoms with Crippen LogP contribution in [0.2, 0.25) is 0 Å². The van der Waals surface area contributed by atoms with Crippen LogP contribution in [0.1, 0.15) is 12.8 Å². The zero-order valence-corrected chi connectivity index (χ0v) is 12.4. The van der Waals surface area contributed by atoms with Crippen molar-refractivity contribution in [3.8, 4) is 0 Å². The molecule has 3 saturated heterocycles. The van der Waals surface area contributed by atoms with Gasteiger partial charge in [0, 0.05) is 12.3 Å². The fourth-order valence-corrected chi connectivity index (χ4v) is 4.73. The maximum atomic E-state index is 12.1. The monoisotopic (exact) mass is 359 g/mol. The molecule has 3 atom stereocenters. The van der Waals surface area contributed by atoms with Crippen LogP contribution in [0.3, 0.4) is 0 Å². The molecule has 0 aromatic heterocycles. The SMILES string of the molecule is O=C1SCCC1NC(=O)N1CC[C@@H]2[C@H]1C(=O)N2S(=O)(=O)O.[NaH]. The van der Waals surface area contributed by atoms with Gasteiger partial charge in [0.25, 0.3) is 5.91 Å². The third kappa shape index (κ3) is 2.89. The molecular weight excluding hydrogens is 345 g/mol. The van der Waals surface area contributed by atoms with Gasteiger partial charge in [-0.25, -0.2) is 9.10 Å². The number of nitrogens with zero attached hydrogens (tertiary/aromatic N) is 2. The van der Waals surface area contributed by atoms with E-state index in [1.807, 2.05) is 0 Å². The Balaban J connectivity index is 0.00000176. The molecule has 0 aromatic carbocycles. The molecule has 3 aliphatic heterocycles. The van der Waals surface area contributed by atoms with Crippen LogP contribution in [0.15, 0.2) is 0 Å². The topological polar surface area (TPSA) is 124 Å². The maximum absolute atomic E-state index is 12.1.